The van der Waals surface area contributed by atoms with Gasteiger partial charge in [0.25, 0.3) is 0 Å². The van der Waals surface area contributed by atoms with Gasteiger partial charge in [-0.1, -0.05) is 18.2 Å². The highest BCUT2D eigenvalue weighted by Crippen LogP contribution is 2.23. The lowest BCUT2D eigenvalue weighted by atomic mass is 9.99. The van der Waals surface area contributed by atoms with Crippen LogP contribution in [-0.4, -0.2) is 65.7 Å². The Bertz CT molecular complexity index is 464. The summed E-state index contributed by atoms with van der Waals surface area (Å²) in [6.45, 7) is -0.00959. The fraction of sp³-hybridized carbons (Fsp3) is 0.500. The van der Waals surface area contributed by atoms with Crippen LogP contribution < -0.4 is 0 Å². The molecule has 1 aromatic carbocycles. The Balaban J connectivity index is 2.10. The molecule has 3 N–H and O–H groups in total. The molecule has 1 aliphatic heterocycles. The number of esters is 1. The van der Waals surface area contributed by atoms with Gasteiger partial charge in [-0.15, -0.1) is 0 Å². The van der Waals surface area contributed by atoms with Crippen LogP contribution in [-0.2, 0) is 14.2 Å². The number of hydrogen-bond donors (Lipinski definition) is 3. The predicted octanol–water partition coefficient (Wildman–Crippen LogP) is -0.703. The first-order chi connectivity index (χ1) is 10.0. The lowest BCUT2D eigenvalue weighted by Crippen LogP contribution is -2.60. The third-order valence-corrected chi connectivity index (χ3v) is 3.24. The molecule has 1 saturated heterocycles. The molecule has 5 atom stereocenters. The first-order valence-corrected chi connectivity index (χ1v) is 6.49. The van der Waals surface area contributed by atoms with E-state index in [1.165, 1.54) is 7.11 Å². The zero-order chi connectivity index (χ0) is 15.4. The van der Waals surface area contributed by atoms with E-state index < -0.39 is 36.7 Å². The Labute approximate surface area is 121 Å². The third-order valence-electron chi connectivity index (χ3n) is 3.24. The second-order valence-electron chi connectivity index (χ2n) is 4.74. The molecule has 1 fully saturated rings. The van der Waals surface area contributed by atoms with Crippen LogP contribution in [0.4, 0.5) is 0 Å². The third kappa shape index (κ3) is 3.58. The van der Waals surface area contributed by atoms with Crippen LogP contribution in [0.3, 0.4) is 0 Å². The summed E-state index contributed by atoms with van der Waals surface area (Å²) >= 11 is 0. The lowest BCUT2D eigenvalue weighted by Gasteiger charge is -2.39. The molecule has 0 saturated carbocycles. The zero-order valence-corrected chi connectivity index (χ0v) is 11.5. The van der Waals surface area contributed by atoms with Crippen LogP contribution in [0.1, 0.15) is 10.4 Å². The van der Waals surface area contributed by atoms with Crippen molar-refractivity contribution < 1.29 is 34.3 Å². The molecule has 21 heavy (non-hydrogen) atoms. The SMILES string of the molecule is COCC1O[C@@H](O)[C@@H](O)C(OC(=O)c2ccccc2)[C@H]1O. The van der Waals surface area contributed by atoms with Crippen molar-refractivity contribution in [3.05, 3.63) is 35.9 Å². The van der Waals surface area contributed by atoms with Crippen molar-refractivity contribution in [2.75, 3.05) is 13.7 Å². The highest BCUT2D eigenvalue weighted by Gasteiger charge is 2.46. The monoisotopic (exact) mass is 298 g/mol. The fourth-order valence-corrected chi connectivity index (χ4v) is 2.12. The van der Waals surface area contributed by atoms with E-state index in [-0.39, 0.29) is 12.2 Å². The van der Waals surface area contributed by atoms with Gasteiger partial charge in [-0.25, -0.2) is 4.79 Å². The molecule has 0 aromatic heterocycles. The summed E-state index contributed by atoms with van der Waals surface area (Å²) in [6.07, 6.45) is -6.62. The van der Waals surface area contributed by atoms with E-state index in [0.29, 0.717) is 0 Å². The van der Waals surface area contributed by atoms with Crippen molar-refractivity contribution in [3.8, 4) is 0 Å². The van der Waals surface area contributed by atoms with Gasteiger partial charge in [0.2, 0.25) is 0 Å². The van der Waals surface area contributed by atoms with E-state index in [0.717, 1.165) is 0 Å². The number of carbonyl (C=O) groups is 1. The van der Waals surface area contributed by atoms with Crippen molar-refractivity contribution in [2.45, 2.75) is 30.7 Å². The zero-order valence-electron chi connectivity index (χ0n) is 11.5. The summed E-state index contributed by atoms with van der Waals surface area (Å²) in [5, 5.41) is 29.5. The number of ether oxygens (including phenoxy) is 3. The van der Waals surface area contributed by atoms with Crippen LogP contribution in [0.15, 0.2) is 30.3 Å². The average molecular weight is 298 g/mol. The first-order valence-electron chi connectivity index (χ1n) is 6.49. The Morgan fingerprint density at radius 3 is 2.48 bits per heavy atom. The van der Waals surface area contributed by atoms with Gasteiger partial charge in [-0.2, -0.15) is 0 Å². The van der Waals surface area contributed by atoms with E-state index in [1.807, 2.05) is 0 Å². The first kappa shape index (κ1) is 15.9. The van der Waals surface area contributed by atoms with Gasteiger partial charge < -0.3 is 29.5 Å². The molecule has 0 aliphatic carbocycles. The molecule has 116 valence electrons. The Hall–Kier alpha value is -1.51. The van der Waals surface area contributed by atoms with Crippen LogP contribution in [0.2, 0.25) is 0 Å². The summed E-state index contributed by atoms with van der Waals surface area (Å²) in [4.78, 5) is 12.0. The summed E-state index contributed by atoms with van der Waals surface area (Å²) in [6, 6.07) is 8.16. The highest BCUT2D eigenvalue weighted by molar-refractivity contribution is 5.89. The molecular formula is C14H18O7. The molecule has 1 heterocycles. The van der Waals surface area contributed by atoms with Crippen LogP contribution in [0.5, 0.6) is 0 Å². The Morgan fingerprint density at radius 2 is 1.86 bits per heavy atom. The van der Waals surface area contributed by atoms with E-state index in [4.69, 9.17) is 14.2 Å². The lowest BCUT2D eigenvalue weighted by molar-refractivity contribution is -0.286. The van der Waals surface area contributed by atoms with Gasteiger partial charge in [0, 0.05) is 7.11 Å². The van der Waals surface area contributed by atoms with Gasteiger partial charge >= 0.3 is 5.97 Å². The van der Waals surface area contributed by atoms with Crippen molar-refractivity contribution >= 4 is 5.97 Å². The Morgan fingerprint density at radius 1 is 1.19 bits per heavy atom. The molecule has 0 amide bonds. The molecule has 1 aromatic rings. The fourth-order valence-electron chi connectivity index (χ4n) is 2.12. The standard InChI is InChI=1S/C14H18O7/c1-19-7-9-10(15)12(11(16)14(18)20-9)21-13(17)8-5-3-2-4-6-8/h2-6,9-12,14-16,18H,7H2,1H3/t9?,10-,11-,12?,14+/m0/s1. The minimum Gasteiger partial charge on any atom is -0.453 e. The number of benzene rings is 1. The van der Waals surface area contributed by atoms with Gasteiger partial charge in [0.1, 0.15) is 18.3 Å². The maximum Gasteiger partial charge on any atom is 0.338 e. The number of methoxy groups -OCH3 is 1. The summed E-state index contributed by atoms with van der Waals surface area (Å²) in [5.41, 5.74) is 0.279. The van der Waals surface area contributed by atoms with Crippen LogP contribution >= 0.6 is 0 Å². The maximum absolute atomic E-state index is 12.0. The highest BCUT2D eigenvalue weighted by atomic mass is 16.7. The van der Waals surface area contributed by atoms with Gasteiger partial charge in [-0.05, 0) is 12.1 Å². The molecule has 0 bridgehead atoms. The molecule has 7 heteroatoms. The molecule has 0 spiro atoms. The van der Waals surface area contributed by atoms with Crippen molar-refractivity contribution in [1.82, 2.24) is 0 Å². The minimum absolute atomic E-state index is 0.00959. The van der Waals surface area contributed by atoms with Crippen LogP contribution in [0, 0.1) is 0 Å². The van der Waals surface area contributed by atoms with Gasteiger partial charge in [-0.3, -0.25) is 0 Å². The molecule has 0 radical (unpaired) electrons. The van der Waals surface area contributed by atoms with E-state index in [1.54, 1.807) is 30.3 Å². The second-order valence-corrected chi connectivity index (χ2v) is 4.74. The molecule has 2 rings (SSSR count). The molecule has 7 nitrogen and oxygen atoms in total. The smallest absolute Gasteiger partial charge is 0.338 e. The molecule has 1 aliphatic rings. The number of carbonyl (C=O) groups excluding carboxylic acids is 1. The number of hydrogen-bond acceptors (Lipinski definition) is 7. The normalized spacial score (nSPS) is 32.7. The minimum atomic E-state index is -1.57. The summed E-state index contributed by atoms with van der Waals surface area (Å²) in [7, 11) is 1.40. The van der Waals surface area contributed by atoms with Gasteiger partial charge in [0.05, 0.1) is 12.2 Å². The summed E-state index contributed by atoms with van der Waals surface area (Å²) < 4.78 is 15.0. The number of aliphatic hydroxyl groups is 3. The number of rotatable bonds is 4. The average Bonchev–Trinajstić information content (AvgIpc) is 2.50. The Kier molecular flexibility index (Phi) is 5.27. The topological polar surface area (TPSA) is 105 Å². The van der Waals surface area contributed by atoms with Crippen molar-refractivity contribution in [3.63, 3.8) is 0 Å². The van der Waals surface area contributed by atoms with Gasteiger partial charge in [0.15, 0.2) is 12.4 Å². The molecule has 2 unspecified atom stereocenters. The summed E-state index contributed by atoms with van der Waals surface area (Å²) in [5.74, 6) is -0.705. The molecular weight excluding hydrogens is 280 g/mol. The maximum atomic E-state index is 12.0. The van der Waals surface area contributed by atoms with Crippen LogP contribution in [0.25, 0.3) is 0 Å². The van der Waals surface area contributed by atoms with E-state index in [9.17, 15) is 20.1 Å². The quantitative estimate of drug-likeness (QED) is 0.631. The largest absolute Gasteiger partial charge is 0.453 e. The van der Waals surface area contributed by atoms with E-state index >= 15 is 0 Å². The van der Waals surface area contributed by atoms with E-state index in [2.05, 4.69) is 0 Å². The van der Waals surface area contributed by atoms with Crippen molar-refractivity contribution in [2.24, 2.45) is 0 Å². The van der Waals surface area contributed by atoms with Crippen molar-refractivity contribution in [1.29, 1.82) is 0 Å². The second kappa shape index (κ2) is 6.97. The number of aliphatic hydroxyl groups excluding tert-OH is 3. The predicted molar refractivity (Wildman–Crippen MR) is 70.4 cm³/mol.